The fourth-order valence-electron chi connectivity index (χ4n) is 1.81. The second-order valence-corrected chi connectivity index (χ2v) is 4.96. The van der Waals surface area contributed by atoms with E-state index >= 15 is 0 Å². The Labute approximate surface area is 113 Å². The molecule has 1 unspecified atom stereocenters. The number of ether oxygens (including phenoxy) is 1. The second-order valence-electron chi connectivity index (χ2n) is 3.97. The molecule has 0 aromatic carbocycles. The van der Waals surface area contributed by atoms with Crippen molar-refractivity contribution < 1.29 is 4.74 Å². The van der Waals surface area contributed by atoms with Crippen molar-refractivity contribution >= 4 is 23.2 Å². The quantitative estimate of drug-likeness (QED) is 0.716. The molecule has 1 rings (SSSR count). The first kappa shape index (κ1) is 14.8. The lowest BCUT2D eigenvalue weighted by Crippen LogP contribution is -2.11. The lowest BCUT2D eigenvalue weighted by atomic mass is 10.1. The first-order valence-corrected chi connectivity index (χ1v) is 6.82. The molecule has 0 aliphatic rings. The van der Waals surface area contributed by atoms with E-state index in [2.05, 4.69) is 18.9 Å². The van der Waals surface area contributed by atoms with E-state index in [1.807, 2.05) is 4.68 Å². The zero-order valence-corrected chi connectivity index (χ0v) is 12.2. The highest BCUT2D eigenvalue weighted by Crippen LogP contribution is 2.23. The Morgan fingerprint density at radius 1 is 1.41 bits per heavy atom. The predicted molar refractivity (Wildman–Crippen MR) is 72.1 cm³/mol. The van der Waals surface area contributed by atoms with Gasteiger partial charge in [-0.15, -0.1) is 11.6 Å². The zero-order chi connectivity index (χ0) is 12.8. The van der Waals surface area contributed by atoms with Gasteiger partial charge >= 0.3 is 0 Å². The van der Waals surface area contributed by atoms with Gasteiger partial charge in [-0.25, -0.2) is 0 Å². The molecule has 1 heterocycles. The highest BCUT2D eigenvalue weighted by Gasteiger charge is 2.15. The zero-order valence-electron chi connectivity index (χ0n) is 10.7. The van der Waals surface area contributed by atoms with Gasteiger partial charge in [-0.1, -0.05) is 18.5 Å². The van der Waals surface area contributed by atoms with Crippen molar-refractivity contribution in [2.24, 2.45) is 0 Å². The monoisotopic (exact) mass is 278 g/mol. The average Bonchev–Trinajstić information content (AvgIpc) is 2.63. The van der Waals surface area contributed by atoms with E-state index in [4.69, 9.17) is 27.9 Å². The van der Waals surface area contributed by atoms with Crippen LogP contribution in [0.25, 0.3) is 0 Å². The van der Waals surface area contributed by atoms with Crippen LogP contribution in [-0.2, 0) is 24.1 Å². The number of aromatic nitrogens is 2. The van der Waals surface area contributed by atoms with Crippen LogP contribution >= 0.6 is 23.2 Å². The molecule has 0 bridgehead atoms. The standard InChI is InChI=1S/C12H20Cl2N2O/c1-4-10-12(14)11(16(5-2)15-10)7-6-9(13)8-17-3/h9H,4-8H2,1-3H3. The summed E-state index contributed by atoms with van der Waals surface area (Å²) in [6.07, 6.45) is 2.56. The minimum atomic E-state index is 0.0290. The summed E-state index contributed by atoms with van der Waals surface area (Å²) in [5, 5.41) is 5.31. The van der Waals surface area contributed by atoms with E-state index in [1.165, 1.54) is 0 Å². The van der Waals surface area contributed by atoms with Crippen molar-refractivity contribution in [3.05, 3.63) is 16.4 Å². The minimum absolute atomic E-state index is 0.0290. The van der Waals surface area contributed by atoms with Gasteiger partial charge in [-0.2, -0.15) is 5.10 Å². The maximum absolute atomic E-state index is 6.31. The molecule has 1 atom stereocenters. The third kappa shape index (κ3) is 3.87. The Kier molecular flexibility index (Phi) is 6.31. The summed E-state index contributed by atoms with van der Waals surface area (Å²) >= 11 is 12.4. The Bertz CT molecular complexity index is 353. The van der Waals surface area contributed by atoms with Crippen molar-refractivity contribution in [1.29, 1.82) is 0 Å². The number of nitrogens with zero attached hydrogens (tertiary/aromatic N) is 2. The molecule has 3 nitrogen and oxygen atoms in total. The first-order chi connectivity index (χ1) is 8.13. The Morgan fingerprint density at radius 3 is 2.65 bits per heavy atom. The smallest absolute Gasteiger partial charge is 0.0849 e. The molecule has 0 amide bonds. The molecule has 0 saturated carbocycles. The summed E-state index contributed by atoms with van der Waals surface area (Å²) in [6, 6.07) is 0. The summed E-state index contributed by atoms with van der Waals surface area (Å²) in [4.78, 5) is 0. The summed E-state index contributed by atoms with van der Waals surface area (Å²) in [6.45, 7) is 5.54. The topological polar surface area (TPSA) is 27.1 Å². The average molecular weight is 279 g/mol. The minimum Gasteiger partial charge on any atom is -0.383 e. The van der Waals surface area contributed by atoms with Gasteiger partial charge in [0.15, 0.2) is 0 Å². The number of alkyl halides is 1. The van der Waals surface area contributed by atoms with E-state index in [0.29, 0.717) is 6.61 Å². The third-order valence-corrected chi connectivity index (χ3v) is 3.52. The van der Waals surface area contributed by atoms with Crippen molar-refractivity contribution in [3.8, 4) is 0 Å². The summed E-state index contributed by atoms with van der Waals surface area (Å²) in [5.41, 5.74) is 2.06. The largest absolute Gasteiger partial charge is 0.383 e. The van der Waals surface area contributed by atoms with Gasteiger partial charge in [-0.3, -0.25) is 4.68 Å². The number of hydrogen-bond donors (Lipinski definition) is 0. The molecular formula is C12H20Cl2N2O. The molecule has 98 valence electrons. The highest BCUT2D eigenvalue weighted by molar-refractivity contribution is 6.31. The van der Waals surface area contributed by atoms with Crippen LogP contribution in [0.3, 0.4) is 0 Å². The molecule has 0 spiro atoms. The fraction of sp³-hybridized carbons (Fsp3) is 0.750. The van der Waals surface area contributed by atoms with Crippen molar-refractivity contribution in [2.75, 3.05) is 13.7 Å². The van der Waals surface area contributed by atoms with Crippen molar-refractivity contribution in [1.82, 2.24) is 9.78 Å². The van der Waals surface area contributed by atoms with Crippen LogP contribution in [0, 0.1) is 0 Å². The number of methoxy groups -OCH3 is 1. The third-order valence-electron chi connectivity index (χ3n) is 2.74. The van der Waals surface area contributed by atoms with E-state index in [1.54, 1.807) is 7.11 Å². The summed E-state index contributed by atoms with van der Waals surface area (Å²) in [7, 11) is 1.66. The Hall–Kier alpha value is -0.250. The van der Waals surface area contributed by atoms with Gasteiger partial charge in [0.2, 0.25) is 0 Å². The van der Waals surface area contributed by atoms with Crippen LogP contribution in [0.2, 0.25) is 5.02 Å². The molecule has 1 aromatic rings. The van der Waals surface area contributed by atoms with Gasteiger partial charge in [0.05, 0.1) is 28.4 Å². The van der Waals surface area contributed by atoms with Crippen LogP contribution in [0.4, 0.5) is 0 Å². The molecular weight excluding hydrogens is 259 g/mol. The fourth-order valence-corrected chi connectivity index (χ4v) is 2.41. The maximum Gasteiger partial charge on any atom is 0.0849 e. The van der Waals surface area contributed by atoms with E-state index in [-0.39, 0.29) is 5.38 Å². The second kappa shape index (κ2) is 7.24. The molecule has 0 fully saturated rings. The van der Waals surface area contributed by atoms with Crippen molar-refractivity contribution in [2.45, 2.75) is 45.0 Å². The Morgan fingerprint density at radius 2 is 2.12 bits per heavy atom. The van der Waals surface area contributed by atoms with E-state index in [0.717, 1.165) is 42.2 Å². The first-order valence-electron chi connectivity index (χ1n) is 6.01. The predicted octanol–water partition coefficient (Wildman–Crippen LogP) is 3.31. The van der Waals surface area contributed by atoms with Crippen LogP contribution in [0.5, 0.6) is 0 Å². The van der Waals surface area contributed by atoms with E-state index in [9.17, 15) is 0 Å². The lowest BCUT2D eigenvalue weighted by molar-refractivity contribution is 0.195. The van der Waals surface area contributed by atoms with Gasteiger partial charge in [0.25, 0.3) is 0 Å². The lowest BCUT2D eigenvalue weighted by Gasteiger charge is -2.09. The maximum atomic E-state index is 6.31. The van der Waals surface area contributed by atoms with Gasteiger partial charge in [0, 0.05) is 13.7 Å². The summed E-state index contributed by atoms with van der Waals surface area (Å²) in [5.74, 6) is 0. The highest BCUT2D eigenvalue weighted by atomic mass is 35.5. The number of rotatable bonds is 7. The SMILES string of the molecule is CCc1nn(CC)c(CCC(Cl)COC)c1Cl. The molecule has 1 aromatic heterocycles. The van der Waals surface area contributed by atoms with Crippen LogP contribution in [0.1, 0.15) is 31.7 Å². The molecule has 0 aliphatic carbocycles. The molecule has 0 N–H and O–H groups in total. The van der Waals surface area contributed by atoms with Crippen molar-refractivity contribution in [3.63, 3.8) is 0 Å². The van der Waals surface area contributed by atoms with Crippen LogP contribution in [0.15, 0.2) is 0 Å². The molecule has 0 aliphatic heterocycles. The van der Waals surface area contributed by atoms with Gasteiger partial charge < -0.3 is 4.74 Å². The summed E-state index contributed by atoms with van der Waals surface area (Å²) < 4.78 is 6.99. The molecule has 5 heteroatoms. The van der Waals surface area contributed by atoms with Crippen LogP contribution < -0.4 is 0 Å². The molecule has 0 radical (unpaired) electrons. The normalized spacial score (nSPS) is 13.0. The number of hydrogen-bond acceptors (Lipinski definition) is 2. The van der Waals surface area contributed by atoms with Gasteiger partial charge in [-0.05, 0) is 26.2 Å². The van der Waals surface area contributed by atoms with Crippen LogP contribution in [-0.4, -0.2) is 28.9 Å². The molecule has 17 heavy (non-hydrogen) atoms. The van der Waals surface area contributed by atoms with Gasteiger partial charge in [0.1, 0.15) is 0 Å². The Balaban J connectivity index is 2.72. The number of halogens is 2. The number of aryl methyl sites for hydroxylation is 2. The molecule has 0 saturated heterocycles. The van der Waals surface area contributed by atoms with E-state index < -0.39 is 0 Å².